The molecule has 0 radical (unpaired) electrons. The van der Waals surface area contributed by atoms with E-state index in [-0.39, 0.29) is 0 Å². The summed E-state index contributed by atoms with van der Waals surface area (Å²) >= 11 is 1.50. The number of ether oxygens (including phenoxy) is 1. The number of aromatic nitrogens is 2. The van der Waals surface area contributed by atoms with Gasteiger partial charge >= 0.3 is 0 Å². The van der Waals surface area contributed by atoms with Crippen molar-refractivity contribution in [3.05, 3.63) is 5.82 Å². The smallest absolute Gasteiger partial charge is 0.205 e. The SMILES string of the molecule is Cc1nsc(N2C[C@H]3C[C@H]2CO3)n1. The second-order valence-corrected chi connectivity index (χ2v) is 4.35. The van der Waals surface area contributed by atoms with E-state index in [0.29, 0.717) is 12.1 Å². The Morgan fingerprint density at radius 2 is 2.54 bits per heavy atom. The molecule has 4 nitrogen and oxygen atoms in total. The molecule has 5 heteroatoms. The van der Waals surface area contributed by atoms with Crippen LogP contribution in [0.15, 0.2) is 0 Å². The molecule has 3 rings (SSSR count). The van der Waals surface area contributed by atoms with E-state index in [4.69, 9.17) is 4.74 Å². The third-order valence-corrected chi connectivity index (χ3v) is 3.51. The van der Waals surface area contributed by atoms with E-state index in [1.165, 1.54) is 18.0 Å². The van der Waals surface area contributed by atoms with Gasteiger partial charge in [-0.1, -0.05) is 0 Å². The van der Waals surface area contributed by atoms with Gasteiger partial charge in [0.15, 0.2) is 0 Å². The summed E-state index contributed by atoms with van der Waals surface area (Å²) in [5, 5.41) is 1.06. The maximum Gasteiger partial charge on any atom is 0.205 e. The van der Waals surface area contributed by atoms with Gasteiger partial charge in [0.2, 0.25) is 5.13 Å². The molecule has 2 aliphatic heterocycles. The van der Waals surface area contributed by atoms with Crippen molar-refractivity contribution in [1.29, 1.82) is 0 Å². The van der Waals surface area contributed by atoms with E-state index in [1.54, 1.807) is 0 Å². The fraction of sp³-hybridized carbons (Fsp3) is 0.750. The molecule has 0 aliphatic carbocycles. The van der Waals surface area contributed by atoms with Gasteiger partial charge in [-0.05, 0) is 13.3 Å². The zero-order valence-corrected chi connectivity index (χ0v) is 8.25. The molecule has 2 fully saturated rings. The molecule has 1 aromatic rings. The molecule has 0 amide bonds. The molecule has 2 atom stereocenters. The normalized spacial score (nSPS) is 31.6. The second-order valence-electron chi connectivity index (χ2n) is 3.62. The van der Waals surface area contributed by atoms with E-state index < -0.39 is 0 Å². The molecule has 2 bridgehead atoms. The Morgan fingerprint density at radius 3 is 3.08 bits per heavy atom. The quantitative estimate of drug-likeness (QED) is 0.668. The maximum atomic E-state index is 5.53. The van der Waals surface area contributed by atoms with Gasteiger partial charge in [0.1, 0.15) is 5.82 Å². The fourth-order valence-electron chi connectivity index (χ4n) is 2.04. The molecule has 3 heterocycles. The van der Waals surface area contributed by atoms with Gasteiger partial charge in [0.05, 0.1) is 18.8 Å². The summed E-state index contributed by atoms with van der Waals surface area (Å²) in [7, 11) is 0. The van der Waals surface area contributed by atoms with Crippen LogP contribution in [0, 0.1) is 6.92 Å². The first-order valence-electron chi connectivity index (χ1n) is 4.51. The van der Waals surface area contributed by atoms with Crippen molar-refractivity contribution in [2.75, 3.05) is 18.1 Å². The predicted molar refractivity (Wildman–Crippen MR) is 50.1 cm³/mol. The summed E-state index contributed by atoms with van der Waals surface area (Å²) in [6, 6.07) is 0.553. The first-order chi connectivity index (χ1) is 6.33. The minimum Gasteiger partial charge on any atom is -0.374 e. The summed E-state index contributed by atoms with van der Waals surface area (Å²) in [4.78, 5) is 6.72. The van der Waals surface area contributed by atoms with Crippen molar-refractivity contribution >= 4 is 16.7 Å². The lowest BCUT2D eigenvalue weighted by Gasteiger charge is -2.25. The summed E-state index contributed by atoms with van der Waals surface area (Å²) in [5.74, 6) is 0.878. The van der Waals surface area contributed by atoms with Gasteiger partial charge in [0.25, 0.3) is 0 Å². The number of nitrogens with zero attached hydrogens (tertiary/aromatic N) is 3. The van der Waals surface area contributed by atoms with Crippen LogP contribution in [0.4, 0.5) is 5.13 Å². The average Bonchev–Trinajstić information content (AvgIpc) is 2.77. The highest BCUT2D eigenvalue weighted by Gasteiger charge is 2.40. The van der Waals surface area contributed by atoms with Crippen LogP contribution in [0.3, 0.4) is 0 Å². The standard InChI is InChI=1S/C8H11N3OS/c1-5-9-8(13-10-5)11-3-7-2-6(11)4-12-7/h6-7H,2-4H2,1H3/t6-,7+/m0/s1. The number of hydrogen-bond donors (Lipinski definition) is 0. The van der Waals surface area contributed by atoms with Crippen molar-refractivity contribution in [3.63, 3.8) is 0 Å². The first kappa shape index (κ1) is 7.70. The average molecular weight is 197 g/mol. The number of morpholine rings is 1. The molecular formula is C8H11N3OS. The van der Waals surface area contributed by atoms with Gasteiger partial charge in [-0.15, -0.1) is 0 Å². The minimum absolute atomic E-state index is 0.439. The molecular weight excluding hydrogens is 186 g/mol. The number of rotatable bonds is 1. The molecule has 0 N–H and O–H groups in total. The number of fused-ring (bicyclic) bond motifs is 2. The summed E-state index contributed by atoms with van der Waals surface area (Å²) in [5.41, 5.74) is 0. The van der Waals surface area contributed by atoms with Gasteiger partial charge in [-0.25, -0.2) is 4.98 Å². The van der Waals surface area contributed by atoms with Crippen molar-refractivity contribution < 1.29 is 4.74 Å². The minimum atomic E-state index is 0.439. The summed E-state index contributed by atoms with van der Waals surface area (Å²) in [6.07, 6.45) is 1.60. The van der Waals surface area contributed by atoms with Crippen molar-refractivity contribution in [2.24, 2.45) is 0 Å². The van der Waals surface area contributed by atoms with E-state index in [1.807, 2.05) is 6.92 Å². The molecule has 0 unspecified atom stereocenters. The Kier molecular flexibility index (Phi) is 1.57. The van der Waals surface area contributed by atoms with Crippen LogP contribution in [-0.4, -0.2) is 34.7 Å². The maximum absolute atomic E-state index is 5.53. The van der Waals surface area contributed by atoms with Gasteiger partial charge in [-0.3, -0.25) is 0 Å². The highest BCUT2D eigenvalue weighted by atomic mass is 32.1. The van der Waals surface area contributed by atoms with Crippen LogP contribution in [-0.2, 0) is 4.74 Å². The lowest BCUT2D eigenvalue weighted by Crippen LogP contribution is -2.36. The van der Waals surface area contributed by atoms with Crippen LogP contribution in [0.25, 0.3) is 0 Å². The Balaban J connectivity index is 1.87. The van der Waals surface area contributed by atoms with Crippen molar-refractivity contribution in [2.45, 2.75) is 25.5 Å². The Morgan fingerprint density at radius 1 is 1.62 bits per heavy atom. The van der Waals surface area contributed by atoms with Crippen LogP contribution < -0.4 is 4.90 Å². The molecule has 0 spiro atoms. The van der Waals surface area contributed by atoms with E-state index in [0.717, 1.165) is 24.1 Å². The highest BCUT2D eigenvalue weighted by molar-refractivity contribution is 7.09. The third kappa shape index (κ3) is 1.14. The number of hydrogen-bond acceptors (Lipinski definition) is 5. The van der Waals surface area contributed by atoms with Crippen LogP contribution in [0.2, 0.25) is 0 Å². The molecule has 2 saturated heterocycles. The monoisotopic (exact) mass is 197 g/mol. The van der Waals surface area contributed by atoms with Crippen molar-refractivity contribution in [1.82, 2.24) is 9.36 Å². The van der Waals surface area contributed by atoms with Gasteiger partial charge in [0, 0.05) is 18.1 Å². The fourth-order valence-corrected chi connectivity index (χ4v) is 2.79. The lowest BCUT2D eigenvalue weighted by atomic mass is 10.2. The van der Waals surface area contributed by atoms with Gasteiger partial charge < -0.3 is 9.64 Å². The Labute approximate surface area is 80.7 Å². The number of aryl methyl sites for hydroxylation is 1. The molecule has 0 saturated carbocycles. The lowest BCUT2D eigenvalue weighted by molar-refractivity contribution is 0.0991. The zero-order chi connectivity index (χ0) is 8.84. The summed E-state index contributed by atoms with van der Waals surface area (Å²) < 4.78 is 9.72. The first-order valence-corrected chi connectivity index (χ1v) is 5.29. The topological polar surface area (TPSA) is 38.2 Å². The highest BCUT2D eigenvalue weighted by Crippen LogP contribution is 2.32. The van der Waals surface area contributed by atoms with Gasteiger partial charge in [-0.2, -0.15) is 4.37 Å². The number of anilines is 1. The predicted octanol–water partition coefficient (Wildman–Crippen LogP) is 0.824. The van der Waals surface area contributed by atoms with E-state index >= 15 is 0 Å². The molecule has 13 heavy (non-hydrogen) atoms. The van der Waals surface area contributed by atoms with Crippen LogP contribution >= 0.6 is 11.5 Å². The van der Waals surface area contributed by atoms with E-state index in [9.17, 15) is 0 Å². The Hall–Kier alpha value is -0.680. The molecule has 70 valence electrons. The van der Waals surface area contributed by atoms with Crippen molar-refractivity contribution in [3.8, 4) is 0 Å². The Bertz CT molecular complexity index is 327. The van der Waals surface area contributed by atoms with E-state index in [2.05, 4.69) is 14.3 Å². The molecule has 0 aromatic carbocycles. The van der Waals surface area contributed by atoms with Crippen LogP contribution in [0.1, 0.15) is 12.2 Å². The van der Waals surface area contributed by atoms with Crippen LogP contribution in [0.5, 0.6) is 0 Å². The molecule has 1 aromatic heterocycles. The third-order valence-electron chi connectivity index (χ3n) is 2.66. The summed E-state index contributed by atoms with van der Waals surface area (Å²) in [6.45, 7) is 3.80. The largest absolute Gasteiger partial charge is 0.374 e. The molecule has 2 aliphatic rings. The zero-order valence-electron chi connectivity index (χ0n) is 7.43. The second kappa shape index (κ2) is 2.65.